The zero-order valence-corrected chi connectivity index (χ0v) is 14.2. The van der Waals surface area contributed by atoms with E-state index in [-0.39, 0.29) is 5.56 Å². The van der Waals surface area contributed by atoms with Crippen LogP contribution in [0, 0.1) is 0 Å². The number of rotatable bonds is 5. The number of hydrogen-bond acceptors (Lipinski definition) is 3. The van der Waals surface area contributed by atoms with Crippen LogP contribution < -0.4 is 10.3 Å². The molecule has 4 aromatic rings. The van der Waals surface area contributed by atoms with Crippen molar-refractivity contribution >= 4 is 10.9 Å². The van der Waals surface area contributed by atoms with E-state index in [0.29, 0.717) is 23.3 Å². The van der Waals surface area contributed by atoms with Crippen molar-refractivity contribution in [3.8, 4) is 17.1 Å². The highest BCUT2D eigenvalue weighted by Gasteiger charge is 2.06. The Balaban J connectivity index is 1.48. The molecule has 0 bridgehead atoms. The van der Waals surface area contributed by atoms with Gasteiger partial charge < -0.3 is 9.72 Å². The van der Waals surface area contributed by atoms with Crippen molar-refractivity contribution in [2.45, 2.75) is 6.42 Å². The number of H-pyrrole nitrogens is 1. The van der Waals surface area contributed by atoms with Crippen LogP contribution in [-0.2, 0) is 6.42 Å². The number of nitrogens with zero attached hydrogens (tertiary/aromatic N) is 1. The summed E-state index contributed by atoms with van der Waals surface area (Å²) in [5, 5.41) is 0.595. The second kappa shape index (κ2) is 7.23. The maximum atomic E-state index is 12.2. The predicted octanol–water partition coefficient (Wildman–Crippen LogP) is 4.21. The van der Waals surface area contributed by atoms with Crippen molar-refractivity contribution in [3.63, 3.8) is 0 Å². The fourth-order valence-electron chi connectivity index (χ4n) is 2.86. The molecule has 4 heteroatoms. The largest absolute Gasteiger partial charge is 0.493 e. The Labute approximate surface area is 151 Å². The van der Waals surface area contributed by atoms with Gasteiger partial charge in [-0.05, 0) is 42.0 Å². The van der Waals surface area contributed by atoms with E-state index in [2.05, 4.69) is 22.1 Å². The van der Waals surface area contributed by atoms with Gasteiger partial charge in [-0.1, -0.05) is 42.5 Å². The van der Waals surface area contributed by atoms with Crippen molar-refractivity contribution in [2.75, 3.05) is 6.61 Å². The number of para-hydroxylation sites is 1. The number of benzene rings is 3. The van der Waals surface area contributed by atoms with Gasteiger partial charge in [0.15, 0.2) is 0 Å². The van der Waals surface area contributed by atoms with Gasteiger partial charge in [0, 0.05) is 12.0 Å². The second-order valence-electron chi connectivity index (χ2n) is 6.04. The molecule has 0 radical (unpaired) electrons. The third-order valence-electron chi connectivity index (χ3n) is 4.24. The summed E-state index contributed by atoms with van der Waals surface area (Å²) < 4.78 is 5.80. The van der Waals surface area contributed by atoms with Crippen molar-refractivity contribution in [3.05, 3.63) is 94.8 Å². The molecule has 4 nitrogen and oxygen atoms in total. The minimum absolute atomic E-state index is 0.131. The zero-order valence-electron chi connectivity index (χ0n) is 14.2. The number of ether oxygens (including phenoxy) is 1. The zero-order chi connectivity index (χ0) is 17.8. The maximum Gasteiger partial charge on any atom is 0.259 e. The normalized spacial score (nSPS) is 10.8. The van der Waals surface area contributed by atoms with Gasteiger partial charge in [-0.2, -0.15) is 0 Å². The van der Waals surface area contributed by atoms with Gasteiger partial charge in [0.1, 0.15) is 11.6 Å². The maximum absolute atomic E-state index is 12.2. The van der Waals surface area contributed by atoms with Gasteiger partial charge in [-0.3, -0.25) is 4.79 Å². The lowest BCUT2D eigenvalue weighted by Crippen LogP contribution is -2.09. The molecule has 0 spiro atoms. The van der Waals surface area contributed by atoms with Gasteiger partial charge in [0.05, 0.1) is 17.5 Å². The molecule has 0 fully saturated rings. The molecular formula is C22H18N2O2. The van der Waals surface area contributed by atoms with Crippen LogP contribution in [0.4, 0.5) is 0 Å². The van der Waals surface area contributed by atoms with Crippen LogP contribution in [0.5, 0.6) is 5.75 Å². The lowest BCUT2D eigenvalue weighted by Gasteiger charge is -2.08. The van der Waals surface area contributed by atoms with Crippen LogP contribution in [-0.4, -0.2) is 16.6 Å². The van der Waals surface area contributed by atoms with E-state index in [1.54, 1.807) is 6.07 Å². The summed E-state index contributed by atoms with van der Waals surface area (Å²) in [6.45, 7) is 0.619. The van der Waals surface area contributed by atoms with Gasteiger partial charge >= 0.3 is 0 Å². The lowest BCUT2D eigenvalue weighted by molar-refractivity contribution is 0.322. The Morgan fingerprint density at radius 2 is 1.58 bits per heavy atom. The highest BCUT2D eigenvalue weighted by Crippen LogP contribution is 2.20. The minimum Gasteiger partial charge on any atom is -0.493 e. The number of hydrogen-bond donors (Lipinski definition) is 1. The molecule has 0 unspecified atom stereocenters. The number of fused-ring (bicyclic) bond motifs is 1. The quantitative estimate of drug-likeness (QED) is 0.591. The first-order chi connectivity index (χ1) is 12.8. The SMILES string of the molecule is O=c1[nH]c(-c2ccc(OCCc3ccccc3)cc2)nc2ccccc12. The standard InChI is InChI=1S/C22H18N2O2/c25-22-19-8-4-5-9-20(19)23-21(24-22)17-10-12-18(13-11-17)26-15-14-16-6-2-1-3-7-16/h1-13H,14-15H2,(H,23,24,25). The summed E-state index contributed by atoms with van der Waals surface area (Å²) in [5.41, 5.74) is 2.66. The van der Waals surface area contributed by atoms with Crippen LogP contribution >= 0.6 is 0 Å². The van der Waals surface area contributed by atoms with E-state index in [0.717, 1.165) is 17.7 Å². The Morgan fingerprint density at radius 1 is 0.846 bits per heavy atom. The molecule has 128 valence electrons. The topological polar surface area (TPSA) is 55.0 Å². The number of aromatic amines is 1. The van der Waals surface area contributed by atoms with Gasteiger partial charge in [-0.25, -0.2) is 4.98 Å². The number of nitrogens with one attached hydrogen (secondary N) is 1. The first-order valence-corrected chi connectivity index (χ1v) is 8.56. The highest BCUT2D eigenvalue weighted by atomic mass is 16.5. The molecule has 0 aliphatic heterocycles. The summed E-state index contributed by atoms with van der Waals surface area (Å²) in [6.07, 6.45) is 0.863. The average molecular weight is 342 g/mol. The molecule has 0 aliphatic carbocycles. The molecule has 1 N–H and O–H groups in total. The number of aromatic nitrogens is 2. The molecule has 0 atom stereocenters. The smallest absolute Gasteiger partial charge is 0.259 e. The average Bonchev–Trinajstić information content (AvgIpc) is 2.69. The van der Waals surface area contributed by atoms with Crippen LogP contribution in [0.2, 0.25) is 0 Å². The Kier molecular flexibility index (Phi) is 4.48. The third kappa shape index (κ3) is 3.49. The predicted molar refractivity (Wildman–Crippen MR) is 103 cm³/mol. The highest BCUT2D eigenvalue weighted by molar-refractivity contribution is 5.79. The molecule has 1 heterocycles. The van der Waals surface area contributed by atoms with Crippen molar-refractivity contribution in [2.24, 2.45) is 0 Å². The van der Waals surface area contributed by atoms with Crippen molar-refractivity contribution in [1.82, 2.24) is 9.97 Å². The Morgan fingerprint density at radius 3 is 2.38 bits per heavy atom. The van der Waals surface area contributed by atoms with E-state index in [9.17, 15) is 4.79 Å². The lowest BCUT2D eigenvalue weighted by atomic mass is 10.1. The van der Waals surface area contributed by atoms with Gasteiger partial charge in [0.25, 0.3) is 5.56 Å². The van der Waals surface area contributed by atoms with E-state index in [4.69, 9.17) is 4.74 Å². The second-order valence-corrected chi connectivity index (χ2v) is 6.04. The molecule has 1 aromatic heterocycles. The van der Waals surface area contributed by atoms with Crippen LogP contribution in [0.3, 0.4) is 0 Å². The summed E-state index contributed by atoms with van der Waals surface area (Å²) in [7, 11) is 0. The summed E-state index contributed by atoms with van der Waals surface area (Å²) >= 11 is 0. The molecule has 0 amide bonds. The molecule has 4 rings (SSSR count). The van der Waals surface area contributed by atoms with Crippen LogP contribution in [0.15, 0.2) is 83.7 Å². The Hall–Kier alpha value is -3.40. The van der Waals surface area contributed by atoms with E-state index in [1.807, 2.05) is 60.7 Å². The van der Waals surface area contributed by atoms with E-state index in [1.165, 1.54) is 5.56 Å². The van der Waals surface area contributed by atoms with Gasteiger partial charge in [0.2, 0.25) is 0 Å². The van der Waals surface area contributed by atoms with Crippen molar-refractivity contribution in [1.29, 1.82) is 0 Å². The van der Waals surface area contributed by atoms with Crippen LogP contribution in [0.1, 0.15) is 5.56 Å². The summed E-state index contributed by atoms with van der Waals surface area (Å²) in [4.78, 5) is 19.6. The fraction of sp³-hybridized carbons (Fsp3) is 0.0909. The molecule has 0 saturated heterocycles. The Bertz CT molecular complexity index is 1070. The molecule has 26 heavy (non-hydrogen) atoms. The third-order valence-corrected chi connectivity index (χ3v) is 4.24. The fourth-order valence-corrected chi connectivity index (χ4v) is 2.86. The molecule has 0 aliphatic rings. The van der Waals surface area contributed by atoms with E-state index >= 15 is 0 Å². The first kappa shape index (κ1) is 16.1. The summed E-state index contributed by atoms with van der Waals surface area (Å²) in [6, 6.07) is 25.2. The van der Waals surface area contributed by atoms with Gasteiger partial charge in [-0.15, -0.1) is 0 Å². The molecule has 3 aromatic carbocycles. The monoisotopic (exact) mass is 342 g/mol. The van der Waals surface area contributed by atoms with E-state index < -0.39 is 0 Å². The summed E-state index contributed by atoms with van der Waals surface area (Å²) in [5.74, 6) is 1.36. The molecular weight excluding hydrogens is 324 g/mol. The molecule has 0 saturated carbocycles. The first-order valence-electron chi connectivity index (χ1n) is 8.56. The van der Waals surface area contributed by atoms with Crippen molar-refractivity contribution < 1.29 is 4.74 Å². The minimum atomic E-state index is -0.131. The van der Waals surface area contributed by atoms with Crippen LogP contribution in [0.25, 0.3) is 22.3 Å².